The molecule has 4 nitrogen and oxygen atoms in total. The number of aromatic nitrogens is 1. The van der Waals surface area contributed by atoms with Crippen LogP contribution >= 0.6 is 28.1 Å². The van der Waals surface area contributed by atoms with E-state index in [1.54, 1.807) is 0 Å². The molecule has 19 heavy (non-hydrogen) atoms. The molecule has 2 aromatic rings. The SMILES string of the molecule is Cc1nc(CNc2ccc(Br)cc2C(N)=S)oc1C. The third-order valence-corrected chi connectivity index (χ3v) is 3.46. The van der Waals surface area contributed by atoms with Crippen molar-refractivity contribution >= 4 is 38.8 Å². The van der Waals surface area contributed by atoms with Crippen molar-refractivity contribution in [3.63, 3.8) is 0 Å². The largest absolute Gasteiger partial charge is 0.444 e. The van der Waals surface area contributed by atoms with Crippen LogP contribution in [0.5, 0.6) is 0 Å². The van der Waals surface area contributed by atoms with Crippen LogP contribution in [0.3, 0.4) is 0 Å². The average molecular weight is 340 g/mol. The van der Waals surface area contributed by atoms with Gasteiger partial charge in [-0.3, -0.25) is 0 Å². The van der Waals surface area contributed by atoms with Crippen LogP contribution in [0.4, 0.5) is 5.69 Å². The van der Waals surface area contributed by atoms with E-state index in [0.29, 0.717) is 17.4 Å². The number of hydrogen-bond acceptors (Lipinski definition) is 4. The molecule has 0 atom stereocenters. The number of hydrogen-bond donors (Lipinski definition) is 2. The van der Waals surface area contributed by atoms with Gasteiger partial charge in [-0.25, -0.2) is 4.98 Å². The Balaban J connectivity index is 2.17. The Hall–Kier alpha value is -1.40. The first-order valence-electron chi connectivity index (χ1n) is 5.73. The molecule has 0 fully saturated rings. The number of benzene rings is 1. The van der Waals surface area contributed by atoms with Crippen LogP contribution in [-0.2, 0) is 6.54 Å². The topological polar surface area (TPSA) is 64.1 Å². The molecule has 0 saturated carbocycles. The quantitative estimate of drug-likeness (QED) is 0.836. The first kappa shape index (κ1) is 14.0. The number of thiocarbonyl (C=S) groups is 1. The number of halogens is 1. The van der Waals surface area contributed by atoms with Gasteiger partial charge in [0.25, 0.3) is 0 Å². The standard InChI is InChI=1S/C13H14BrN3OS/c1-7-8(2)18-12(17-7)6-16-11-4-3-9(14)5-10(11)13(15)19/h3-5,16H,6H2,1-2H3,(H2,15,19). The second-order valence-electron chi connectivity index (χ2n) is 4.16. The predicted octanol–water partition coefficient (Wildman–Crippen LogP) is 3.30. The van der Waals surface area contributed by atoms with Crippen LogP contribution < -0.4 is 11.1 Å². The summed E-state index contributed by atoms with van der Waals surface area (Å²) >= 11 is 8.44. The Labute approximate surface area is 125 Å². The lowest BCUT2D eigenvalue weighted by molar-refractivity contribution is 0.478. The monoisotopic (exact) mass is 339 g/mol. The molecule has 0 unspecified atom stereocenters. The molecule has 0 saturated heterocycles. The lowest BCUT2D eigenvalue weighted by Gasteiger charge is -2.10. The van der Waals surface area contributed by atoms with E-state index in [-0.39, 0.29) is 0 Å². The lowest BCUT2D eigenvalue weighted by Crippen LogP contribution is -2.13. The van der Waals surface area contributed by atoms with Crippen molar-refractivity contribution in [2.75, 3.05) is 5.32 Å². The molecule has 0 aliphatic carbocycles. The third kappa shape index (κ3) is 3.33. The van der Waals surface area contributed by atoms with E-state index >= 15 is 0 Å². The van der Waals surface area contributed by atoms with Gasteiger partial charge in [0, 0.05) is 15.7 Å². The normalized spacial score (nSPS) is 10.5. The summed E-state index contributed by atoms with van der Waals surface area (Å²) in [6, 6.07) is 5.73. The second-order valence-corrected chi connectivity index (χ2v) is 5.51. The highest BCUT2D eigenvalue weighted by Gasteiger charge is 2.09. The number of aryl methyl sites for hydroxylation is 2. The molecule has 3 N–H and O–H groups in total. The fourth-order valence-corrected chi connectivity index (χ4v) is 2.19. The average Bonchev–Trinajstić information content (AvgIpc) is 2.67. The van der Waals surface area contributed by atoms with Crippen molar-refractivity contribution in [3.8, 4) is 0 Å². The van der Waals surface area contributed by atoms with Crippen molar-refractivity contribution in [1.29, 1.82) is 0 Å². The van der Waals surface area contributed by atoms with E-state index in [1.165, 1.54) is 0 Å². The zero-order valence-electron chi connectivity index (χ0n) is 10.7. The molecule has 0 spiro atoms. The summed E-state index contributed by atoms with van der Waals surface area (Å²) < 4.78 is 6.45. The number of rotatable bonds is 4. The highest BCUT2D eigenvalue weighted by atomic mass is 79.9. The number of nitrogens with two attached hydrogens (primary N) is 1. The molecule has 1 aromatic carbocycles. The van der Waals surface area contributed by atoms with E-state index < -0.39 is 0 Å². The molecule has 0 bridgehead atoms. The molecule has 1 aromatic heterocycles. The Morgan fingerprint density at radius 2 is 2.21 bits per heavy atom. The van der Waals surface area contributed by atoms with Gasteiger partial charge in [0.05, 0.1) is 12.2 Å². The second kappa shape index (κ2) is 5.71. The molecule has 0 amide bonds. The van der Waals surface area contributed by atoms with Gasteiger partial charge in [0.15, 0.2) is 0 Å². The Morgan fingerprint density at radius 1 is 1.47 bits per heavy atom. The summed E-state index contributed by atoms with van der Waals surface area (Å²) in [5, 5.41) is 3.23. The first-order chi connectivity index (χ1) is 8.97. The van der Waals surface area contributed by atoms with Crippen LogP contribution in [0.1, 0.15) is 22.9 Å². The number of oxazole rings is 1. The molecule has 2 rings (SSSR count). The van der Waals surface area contributed by atoms with Gasteiger partial charge in [-0.05, 0) is 32.0 Å². The molecule has 100 valence electrons. The van der Waals surface area contributed by atoms with Gasteiger partial charge in [-0.2, -0.15) is 0 Å². The smallest absolute Gasteiger partial charge is 0.213 e. The van der Waals surface area contributed by atoms with Gasteiger partial charge < -0.3 is 15.5 Å². The van der Waals surface area contributed by atoms with Crippen LogP contribution in [0.15, 0.2) is 27.1 Å². The predicted molar refractivity (Wildman–Crippen MR) is 83.3 cm³/mol. The zero-order chi connectivity index (χ0) is 14.0. The van der Waals surface area contributed by atoms with Crippen LogP contribution in [0.25, 0.3) is 0 Å². The highest BCUT2D eigenvalue weighted by Crippen LogP contribution is 2.22. The maximum Gasteiger partial charge on any atom is 0.213 e. The van der Waals surface area contributed by atoms with Gasteiger partial charge in [0.1, 0.15) is 10.7 Å². The summed E-state index contributed by atoms with van der Waals surface area (Å²) in [6.45, 7) is 4.31. The summed E-state index contributed by atoms with van der Waals surface area (Å²) in [6.07, 6.45) is 0. The number of anilines is 1. The number of nitrogens with one attached hydrogen (secondary N) is 1. The minimum atomic E-state index is 0.351. The van der Waals surface area contributed by atoms with E-state index in [9.17, 15) is 0 Å². The fourth-order valence-electron chi connectivity index (χ4n) is 1.66. The van der Waals surface area contributed by atoms with Gasteiger partial charge in [-0.1, -0.05) is 28.1 Å². The van der Waals surface area contributed by atoms with E-state index in [1.807, 2.05) is 32.0 Å². The Kier molecular flexibility index (Phi) is 4.21. The van der Waals surface area contributed by atoms with Gasteiger partial charge in [-0.15, -0.1) is 0 Å². The van der Waals surface area contributed by atoms with Crippen molar-refractivity contribution in [3.05, 3.63) is 45.6 Å². The van der Waals surface area contributed by atoms with E-state index in [0.717, 1.165) is 27.2 Å². The van der Waals surface area contributed by atoms with E-state index in [2.05, 4.69) is 26.2 Å². The summed E-state index contributed by atoms with van der Waals surface area (Å²) in [4.78, 5) is 4.67. The summed E-state index contributed by atoms with van der Waals surface area (Å²) in [7, 11) is 0. The first-order valence-corrected chi connectivity index (χ1v) is 6.93. The zero-order valence-corrected chi connectivity index (χ0v) is 13.1. The van der Waals surface area contributed by atoms with Gasteiger partial charge in [0.2, 0.25) is 5.89 Å². The molecule has 0 radical (unpaired) electrons. The van der Waals surface area contributed by atoms with Crippen molar-refractivity contribution in [2.24, 2.45) is 5.73 Å². The van der Waals surface area contributed by atoms with Crippen LogP contribution in [0, 0.1) is 13.8 Å². The minimum absolute atomic E-state index is 0.351. The molecule has 0 aliphatic heterocycles. The molecular weight excluding hydrogens is 326 g/mol. The van der Waals surface area contributed by atoms with Crippen LogP contribution in [0.2, 0.25) is 0 Å². The third-order valence-electron chi connectivity index (χ3n) is 2.75. The molecule has 1 heterocycles. The molecule has 0 aliphatic rings. The maximum absolute atomic E-state index is 5.71. The Bertz CT molecular complexity index is 605. The van der Waals surface area contributed by atoms with Crippen molar-refractivity contribution in [2.45, 2.75) is 20.4 Å². The molecule has 6 heteroatoms. The fraction of sp³-hybridized carbons (Fsp3) is 0.231. The van der Waals surface area contributed by atoms with Gasteiger partial charge >= 0.3 is 0 Å². The number of nitrogens with zero attached hydrogens (tertiary/aromatic N) is 1. The summed E-state index contributed by atoms with van der Waals surface area (Å²) in [5.41, 5.74) is 8.28. The minimum Gasteiger partial charge on any atom is -0.444 e. The Morgan fingerprint density at radius 3 is 2.79 bits per heavy atom. The van der Waals surface area contributed by atoms with Crippen molar-refractivity contribution < 1.29 is 4.42 Å². The lowest BCUT2D eigenvalue weighted by atomic mass is 10.2. The van der Waals surface area contributed by atoms with Crippen molar-refractivity contribution in [1.82, 2.24) is 4.98 Å². The molecular formula is C13H14BrN3OS. The maximum atomic E-state index is 5.71. The van der Waals surface area contributed by atoms with Crippen LogP contribution in [-0.4, -0.2) is 9.97 Å². The summed E-state index contributed by atoms with van der Waals surface area (Å²) in [5.74, 6) is 1.48. The highest BCUT2D eigenvalue weighted by molar-refractivity contribution is 9.10. The van der Waals surface area contributed by atoms with E-state index in [4.69, 9.17) is 22.4 Å².